The molecular formula is C8H9Br2N5S2. The molecule has 0 bridgehead atoms. The van der Waals surface area contributed by atoms with Crippen molar-refractivity contribution in [3.05, 3.63) is 8.39 Å². The molecule has 0 aromatic carbocycles. The summed E-state index contributed by atoms with van der Waals surface area (Å²) in [5.74, 6) is 0. The summed E-state index contributed by atoms with van der Waals surface area (Å²) >= 11 is 9.78. The molecule has 0 atom stereocenters. The minimum atomic E-state index is -0.141. The van der Waals surface area contributed by atoms with E-state index < -0.39 is 0 Å². The van der Waals surface area contributed by atoms with Gasteiger partial charge in [0, 0.05) is 0 Å². The summed E-state index contributed by atoms with van der Waals surface area (Å²) in [6.45, 7) is 6.17. The monoisotopic (exact) mass is 397 g/mol. The van der Waals surface area contributed by atoms with Crippen LogP contribution in [-0.4, -0.2) is 25.2 Å². The molecule has 0 amide bonds. The molecule has 2 aromatic heterocycles. The van der Waals surface area contributed by atoms with Crippen LogP contribution in [0.15, 0.2) is 17.9 Å². The van der Waals surface area contributed by atoms with Crippen LogP contribution in [0.25, 0.3) is 0 Å². The fourth-order valence-corrected chi connectivity index (χ4v) is 4.40. The zero-order valence-corrected chi connectivity index (χ0v) is 14.1. The maximum Gasteiger partial charge on any atom is 0.216 e. The van der Waals surface area contributed by atoms with E-state index in [1.165, 1.54) is 11.8 Å². The predicted molar refractivity (Wildman–Crippen MR) is 74.5 cm³/mol. The van der Waals surface area contributed by atoms with Crippen molar-refractivity contribution in [1.82, 2.24) is 25.2 Å². The van der Waals surface area contributed by atoms with Gasteiger partial charge in [0.15, 0.2) is 4.34 Å². The fraction of sp³-hybridized carbons (Fsp3) is 0.500. The molecule has 0 saturated carbocycles. The molecule has 9 heteroatoms. The van der Waals surface area contributed by atoms with E-state index in [0.29, 0.717) is 0 Å². The number of tetrazole rings is 1. The van der Waals surface area contributed by atoms with Gasteiger partial charge in [-0.05, 0) is 74.8 Å². The number of aromatic nitrogens is 5. The molecule has 17 heavy (non-hydrogen) atoms. The minimum absolute atomic E-state index is 0.141. The van der Waals surface area contributed by atoms with Crippen LogP contribution in [-0.2, 0) is 5.54 Å². The lowest BCUT2D eigenvalue weighted by atomic mass is 10.1. The second-order valence-corrected chi connectivity index (χ2v) is 8.47. The van der Waals surface area contributed by atoms with Gasteiger partial charge in [0.1, 0.15) is 8.39 Å². The molecular weight excluding hydrogens is 390 g/mol. The highest BCUT2D eigenvalue weighted by molar-refractivity contribution is 9.13. The standard InChI is InChI=1S/C8H9Br2N5S2/c1-8(2,3)15-6(12-13-14-15)17-7-11-4(9)5(10)16-7/h1-3H3. The van der Waals surface area contributed by atoms with Crippen molar-refractivity contribution in [2.75, 3.05) is 0 Å². The highest BCUT2D eigenvalue weighted by Gasteiger charge is 2.21. The van der Waals surface area contributed by atoms with Crippen molar-refractivity contribution >= 4 is 55.0 Å². The molecule has 0 saturated heterocycles. The zero-order chi connectivity index (χ0) is 12.6. The SMILES string of the molecule is CC(C)(C)n1nnnc1Sc1nc(Br)c(Br)s1. The first kappa shape index (κ1) is 13.4. The van der Waals surface area contributed by atoms with Gasteiger partial charge in [0.05, 0.1) is 5.54 Å². The first-order chi connectivity index (χ1) is 7.88. The van der Waals surface area contributed by atoms with Crippen LogP contribution >= 0.6 is 55.0 Å². The third-order valence-corrected chi connectivity index (χ3v) is 5.85. The third-order valence-electron chi connectivity index (χ3n) is 1.78. The molecule has 0 radical (unpaired) electrons. The summed E-state index contributed by atoms with van der Waals surface area (Å²) in [6, 6.07) is 0. The average molecular weight is 399 g/mol. The van der Waals surface area contributed by atoms with E-state index in [1.807, 2.05) is 0 Å². The maximum absolute atomic E-state index is 4.35. The van der Waals surface area contributed by atoms with Crippen molar-refractivity contribution < 1.29 is 0 Å². The van der Waals surface area contributed by atoms with Crippen molar-refractivity contribution in [2.45, 2.75) is 35.8 Å². The molecule has 5 nitrogen and oxygen atoms in total. The molecule has 2 aromatic rings. The normalized spacial score (nSPS) is 12.1. The lowest BCUT2D eigenvalue weighted by Gasteiger charge is -2.18. The molecule has 0 aliphatic rings. The molecule has 0 fully saturated rings. The van der Waals surface area contributed by atoms with Crippen LogP contribution in [0.4, 0.5) is 0 Å². The quantitative estimate of drug-likeness (QED) is 0.773. The van der Waals surface area contributed by atoms with Crippen LogP contribution in [0.1, 0.15) is 20.8 Å². The lowest BCUT2D eigenvalue weighted by Crippen LogP contribution is -2.24. The number of hydrogen-bond donors (Lipinski definition) is 0. The van der Waals surface area contributed by atoms with Gasteiger partial charge in [-0.2, -0.15) is 0 Å². The Kier molecular flexibility index (Phi) is 3.91. The van der Waals surface area contributed by atoms with E-state index in [1.54, 1.807) is 16.0 Å². The Morgan fingerprint density at radius 3 is 2.53 bits per heavy atom. The summed E-state index contributed by atoms with van der Waals surface area (Å²) in [5, 5.41) is 12.5. The van der Waals surface area contributed by atoms with Gasteiger partial charge < -0.3 is 0 Å². The van der Waals surface area contributed by atoms with Gasteiger partial charge in [0.2, 0.25) is 5.16 Å². The molecule has 0 aliphatic carbocycles. The fourth-order valence-electron chi connectivity index (χ4n) is 1.05. The highest BCUT2D eigenvalue weighted by atomic mass is 79.9. The summed E-state index contributed by atoms with van der Waals surface area (Å²) in [6.07, 6.45) is 0. The van der Waals surface area contributed by atoms with Gasteiger partial charge >= 0.3 is 0 Å². The van der Waals surface area contributed by atoms with Crippen molar-refractivity contribution in [2.24, 2.45) is 0 Å². The summed E-state index contributed by atoms with van der Waals surface area (Å²) in [7, 11) is 0. The molecule has 0 N–H and O–H groups in total. The van der Waals surface area contributed by atoms with Crippen molar-refractivity contribution in [3.63, 3.8) is 0 Å². The minimum Gasteiger partial charge on any atom is -0.221 e. The van der Waals surface area contributed by atoms with Crippen LogP contribution in [0.3, 0.4) is 0 Å². The average Bonchev–Trinajstić information content (AvgIpc) is 2.74. The Labute approximate surface area is 124 Å². The van der Waals surface area contributed by atoms with Gasteiger partial charge in [-0.15, -0.1) is 5.10 Å². The Morgan fingerprint density at radius 1 is 1.29 bits per heavy atom. The van der Waals surface area contributed by atoms with Gasteiger partial charge in [0.25, 0.3) is 0 Å². The Bertz CT molecular complexity index is 511. The van der Waals surface area contributed by atoms with Crippen LogP contribution < -0.4 is 0 Å². The molecule has 0 spiro atoms. The molecule has 0 aliphatic heterocycles. The zero-order valence-electron chi connectivity index (χ0n) is 9.31. The van der Waals surface area contributed by atoms with E-state index in [9.17, 15) is 0 Å². The first-order valence-corrected chi connectivity index (χ1v) is 7.88. The Balaban J connectivity index is 2.28. The Morgan fingerprint density at radius 2 is 2.00 bits per heavy atom. The van der Waals surface area contributed by atoms with Crippen LogP contribution in [0.2, 0.25) is 0 Å². The van der Waals surface area contributed by atoms with Crippen molar-refractivity contribution in [1.29, 1.82) is 0 Å². The molecule has 2 rings (SSSR count). The lowest BCUT2D eigenvalue weighted by molar-refractivity contribution is 0.321. The van der Waals surface area contributed by atoms with Crippen molar-refractivity contribution in [3.8, 4) is 0 Å². The van der Waals surface area contributed by atoms with E-state index in [2.05, 4.69) is 73.1 Å². The number of rotatable bonds is 2. The Hall–Kier alpha value is 0.01000. The van der Waals surface area contributed by atoms with E-state index >= 15 is 0 Å². The second kappa shape index (κ2) is 4.94. The predicted octanol–water partition coefficient (Wildman–Crippen LogP) is 3.56. The van der Waals surface area contributed by atoms with Gasteiger partial charge in [-0.25, -0.2) is 9.67 Å². The van der Waals surface area contributed by atoms with E-state index in [-0.39, 0.29) is 5.54 Å². The third kappa shape index (κ3) is 3.07. The molecule has 0 unspecified atom stereocenters. The molecule has 2 heterocycles. The van der Waals surface area contributed by atoms with E-state index in [4.69, 9.17) is 0 Å². The van der Waals surface area contributed by atoms with Crippen LogP contribution in [0.5, 0.6) is 0 Å². The maximum atomic E-state index is 4.35. The van der Waals surface area contributed by atoms with E-state index in [0.717, 1.165) is 17.9 Å². The summed E-state index contributed by atoms with van der Waals surface area (Å²) in [4.78, 5) is 4.35. The second-order valence-electron chi connectivity index (χ2n) is 4.19. The van der Waals surface area contributed by atoms with Gasteiger partial charge in [-0.3, -0.25) is 0 Å². The largest absolute Gasteiger partial charge is 0.221 e. The number of halogens is 2. The number of nitrogens with zero attached hydrogens (tertiary/aromatic N) is 5. The smallest absolute Gasteiger partial charge is 0.216 e. The molecule has 92 valence electrons. The van der Waals surface area contributed by atoms with Crippen LogP contribution in [0, 0.1) is 0 Å². The summed E-state index contributed by atoms with van der Waals surface area (Å²) < 4.78 is 4.46. The number of hydrogen-bond acceptors (Lipinski definition) is 6. The van der Waals surface area contributed by atoms with Gasteiger partial charge in [-0.1, -0.05) is 11.3 Å². The summed E-state index contributed by atoms with van der Waals surface area (Å²) in [5.41, 5.74) is -0.141. The number of thiazole rings is 1. The highest BCUT2D eigenvalue weighted by Crippen LogP contribution is 2.37. The first-order valence-electron chi connectivity index (χ1n) is 4.66. The topological polar surface area (TPSA) is 56.5 Å².